The molecule has 1 aromatic heterocycles. The Hall–Kier alpha value is -1.96. The Morgan fingerprint density at radius 1 is 1.45 bits per heavy atom. The van der Waals surface area contributed by atoms with Crippen molar-refractivity contribution >= 4 is 27.3 Å². The maximum absolute atomic E-state index is 10.7. The van der Waals surface area contributed by atoms with E-state index in [0.29, 0.717) is 23.3 Å². The van der Waals surface area contributed by atoms with Gasteiger partial charge in [0.05, 0.1) is 4.92 Å². The van der Waals surface area contributed by atoms with Gasteiger partial charge >= 0.3 is 0 Å². The molecular formula is C14H17BrN4O3. The highest BCUT2D eigenvalue weighted by Crippen LogP contribution is 2.27. The lowest BCUT2D eigenvalue weighted by atomic mass is 10.2. The van der Waals surface area contributed by atoms with Crippen molar-refractivity contribution < 1.29 is 9.45 Å². The number of hydrogen-bond acceptors (Lipinski definition) is 6. The summed E-state index contributed by atoms with van der Waals surface area (Å²) in [6.45, 7) is 4.74. The third kappa shape index (κ3) is 4.27. The number of nitro benzene ring substituents is 1. The van der Waals surface area contributed by atoms with Gasteiger partial charge in [-0.3, -0.25) is 10.1 Å². The van der Waals surface area contributed by atoms with Crippen LogP contribution in [0.3, 0.4) is 0 Å². The van der Waals surface area contributed by atoms with E-state index in [1.54, 1.807) is 6.07 Å². The molecule has 0 atom stereocenters. The molecule has 0 amide bonds. The van der Waals surface area contributed by atoms with Crippen molar-refractivity contribution in [2.45, 2.75) is 32.6 Å². The highest BCUT2D eigenvalue weighted by atomic mass is 79.9. The lowest BCUT2D eigenvalue weighted by molar-refractivity contribution is -0.384. The molecule has 2 aromatic rings. The van der Waals surface area contributed by atoms with Crippen LogP contribution in [-0.4, -0.2) is 21.6 Å². The monoisotopic (exact) mass is 368 g/mol. The summed E-state index contributed by atoms with van der Waals surface area (Å²) in [5.74, 6) is 1.61. The first-order valence-electron chi connectivity index (χ1n) is 6.97. The molecule has 1 N–H and O–H groups in total. The third-order valence-corrected chi connectivity index (χ3v) is 3.70. The molecule has 1 heterocycles. The number of benzene rings is 1. The predicted octanol–water partition coefficient (Wildman–Crippen LogP) is 3.91. The van der Waals surface area contributed by atoms with Gasteiger partial charge in [-0.05, 0) is 28.4 Å². The highest BCUT2D eigenvalue weighted by molar-refractivity contribution is 9.10. The lowest BCUT2D eigenvalue weighted by Crippen LogP contribution is -2.04. The average Bonchev–Trinajstić information content (AvgIpc) is 2.93. The van der Waals surface area contributed by atoms with Gasteiger partial charge in [-0.1, -0.05) is 19.0 Å². The van der Waals surface area contributed by atoms with Crippen LogP contribution in [-0.2, 0) is 6.42 Å². The molecule has 0 saturated carbocycles. The molecule has 7 nitrogen and oxygen atoms in total. The van der Waals surface area contributed by atoms with Crippen molar-refractivity contribution in [1.29, 1.82) is 0 Å². The summed E-state index contributed by atoms with van der Waals surface area (Å²) in [6.07, 6.45) is 1.51. The summed E-state index contributed by atoms with van der Waals surface area (Å²) < 4.78 is 5.84. The number of aryl methyl sites for hydroxylation is 1. The van der Waals surface area contributed by atoms with Crippen LogP contribution in [0.2, 0.25) is 0 Å². The van der Waals surface area contributed by atoms with Crippen LogP contribution < -0.4 is 5.32 Å². The molecule has 8 heteroatoms. The third-order valence-electron chi connectivity index (χ3n) is 3.05. The molecule has 0 aliphatic rings. The van der Waals surface area contributed by atoms with Crippen LogP contribution in [0, 0.1) is 10.1 Å². The van der Waals surface area contributed by atoms with E-state index < -0.39 is 4.92 Å². The second-order valence-electron chi connectivity index (χ2n) is 5.15. The highest BCUT2D eigenvalue weighted by Gasteiger charge is 2.10. The number of nitrogens with zero attached hydrogens (tertiary/aromatic N) is 3. The Morgan fingerprint density at radius 2 is 2.23 bits per heavy atom. The molecule has 22 heavy (non-hydrogen) atoms. The number of nitro groups is 1. The van der Waals surface area contributed by atoms with Crippen LogP contribution in [0.15, 0.2) is 27.2 Å². The number of non-ortho nitro benzene ring substituents is 1. The number of aromatic nitrogens is 2. The van der Waals surface area contributed by atoms with Crippen LogP contribution in [0.4, 0.5) is 11.4 Å². The lowest BCUT2D eigenvalue weighted by Gasteiger charge is -2.07. The van der Waals surface area contributed by atoms with E-state index in [2.05, 4.69) is 31.4 Å². The smallest absolute Gasteiger partial charge is 0.270 e. The van der Waals surface area contributed by atoms with Gasteiger partial charge in [0, 0.05) is 41.2 Å². The summed E-state index contributed by atoms with van der Waals surface area (Å²) in [4.78, 5) is 14.6. The minimum absolute atomic E-state index is 0.0597. The minimum Gasteiger partial charge on any atom is -0.384 e. The van der Waals surface area contributed by atoms with Gasteiger partial charge < -0.3 is 9.84 Å². The molecule has 118 valence electrons. The fraction of sp³-hybridized carbons (Fsp3) is 0.429. The van der Waals surface area contributed by atoms with Crippen molar-refractivity contribution in [2.24, 2.45) is 0 Å². The zero-order valence-corrected chi connectivity index (χ0v) is 14.0. The Kier molecular flexibility index (Phi) is 5.48. The van der Waals surface area contributed by atoms with Gasteiger partial charge in [0.25, 0.3) is 5.69 Å². The Labute approximate surface area is 136 Å². The molecule has 2 rings (SSSR count). The summed E-state index contributed by atoms with van der Waals surface area (Å²) in [5.41, 5.74) is 0.878. The molecular weight excluding hydrogens is 352 g/mol. The average molecular weight is 369 g/mol. The van der Waals surface area contributed by atoms with E-state index >= 15 is 0 Å². The van der Waals surface area contributed by atoms with Gasteiger partial charge in [0.15, 0.2) is 5.82 Å². The van der Waals surface area contributed by atoms with Crippen LogP contribution in [0.1, 0.15) is 37.9 Å². The second-order valence-corrected chi connectivity index (χ2v) is 6.01. The maximum atomic E-state index is 10.7. The zero-order valence-electron chi connectivity index (χ0n) is 12.4. The molecule has 0 spiro atoms. The quantitative estimate of drug-likeness (QED) is 0.452. The molecule has 0 bridgehead atoms. The first kappa shape index (κ1) is 16.4. The number of hydrogen-bond donors (Lipinski definition) is 1. The van der Waals surface area contributed by atoms with E-state index in [1.165, 1.54) is 12.1 Å². The number of anilines is 1. The zero-order chi connectivity index (χ0) is 16.1. The van der Waals surface area contributed by atoms with Crippen molar-refractivity contribution in [3.05, 3.63) is 44.5 Å². The number of rotatable bonds is 7. The van der Waals surface area contributed by atoms with E-state index in [4.69, 9.17) is 4.52 Å². The van der Waals surface area contributed by atoms with Gasteiger partial charge in [0.2, 0.25) is 5.89 Å². The molecule has 1 aromatic carbocycles. The first-order chi connectivity index (χ1) is 10.5. The summed E-state index contributed by atoms with van der Waals surface area (Å²) in [5, 5.41) is 17.8. The molecule has 0 aliphatic heterocycles. The standard InChI is InChI=1S/C14H17BrN4O3/c1-9(2)14-17-13(22-18-14)4-3-7-16-12-6-5-10(19(20)21)8-11(12)15/h5-6,8-9,16H,3-4,7H2,1-2H3. The van der Waals surface area contributed by atoms with Crippen LogP contribution >= 0.6 is 15.9 Å². The second kappa shape index (κ2) is 7.35. The van der Waals surface area contributed by atoms with Crippen LogP contribution in [0.25, 0.3) is 0 Å². The number of halogens is 1. The van der Waals surface area contributed by atoms with E-state index in [9.17, 15) is 10.1 Å². The largest absolute Gasteiger partial charge is 0.384 e. The van der Waals surface area contributed by atoms with E-state index in [0.717, 1.165) is 17.9 Å². The Morgan fingerprint density at radius 3 is 2.82 bits per heavy atom. The van der Waals surface area contributed by atoms with Crippen molar-refractivity contribution in [1.82, 2.24) is 10.1 Å². The Balaban J connectivity index is 1.82. The molecule has 0 unspecified atom stereocenters. The fourth-order valence-corrected chi connectivity index (χ4v) is 2.33. The van der Waals surface area contributed by atoms with Crippen LogP contribution in [0.5, 0.6) is 0 Å². The maximum Gasteiger partial charge on any atom is 0.270 e. The molecule has 0 aliphatic carbocycles. The van der Waals surface area contributed by atoms with Gasteiger partial charge in [0.1, 0.15) is 0 Å². The molecule has 0 fully saturated rings. The first-order valence-corrected chi connectivity index (χ1v) is 7.77. The minimum atomic E-state index is -0.420. The van der Waals surface area contributed by atoms with Crippen molar-refractivity contribution in [3.8, 4) is 0 Å². The van der Waals surface area contributed by atoms with Gasteiger partial charge in [-0.2, -0.15) is 4.98 Å². The van der Waals surface area contributed by atoms with Gasteiger partial charge in [-0.25, -0.2) is 0 Å². The fourth-order valence-electron chi connectivity index (χ4n) is 1.83. The topological polar surface area (TPSA) is 94.1 Å². The van der Waals surface area contributed by atoms with Crippen molar-refractivity contribution in [3.63, 3.8) is 0 Å². The van der Waals surface area contributed by atoms with E-state index in [-0.39, 0.29) is 11.6 Å². The number of nitrogens with one attached hydrogen (secondary N) is 1. The SMILES string of the molecule is CC(C)c1noc(CCCNc2ccc([N+](=O)[O-])cc2Br)n1. The predicted molar refractivity (Wildman–Crippen MR) is 86.0 cm³/mol. The normalized spacial score (nSPS) is 10.9. The van der Waals surface area contributed by atoms with E-state index in [1.807, 2.05) is 13.8 Å². The summed E-state index contributed by atoms with van der Waals surface area (Å²) >= 11 is 3.32. The Bertz CT molecular complexity index is 657. The van der Waals surface area contributed by atoms with Crippen molar-refractivity contribution in [2.75, 3.05) is 11.9 Å². The van der Waals surface area contributed by atoms with Gasteiger partial charge in [-0.15, -0.1) is 0 Å². The molecule has 0 radical (unpaired) electrons. The summed E-state index contributed by atoms with van der Waals surface area (Å²) in [6, 6.07) is 4.64. The molecule has 0 saturated heterocycles. The summed E-state index contributed by atoms with van der Waals surface area (Å²) in [7, 11) is 0.